The molecular weight excluding hydrogens is 146 g/mol. The van der Waals surface area contributed by atoms with Crippen LogP contribution >= 0.6 is 11.8 Å². The Balaban J connectivity index is 2.13. The van der Waals surface area contributed by atoms with Gasteiger partial charge in [0.1, 0.15) is 0 Å². The highest BCUT2D eigenvalue weighted by Crippen LogP contribution is 2.27. The highest BCUT2D eigenvalue weighted by molar-refractivity contribution is 6.13. The van der Waals surface area contributed by atoms with Crippen LogP contribution in [0.2, 0.25) is 0 Å². The van der Waals surface area contributed by atoms with E-state index >= 15 is 0 Å². The summed E-state index contributed by atoms with van der Waals surface area (Å²) in [5.41, 5.74) is 0. The van der Waals surface area contributed by atoms with Crippen LogP contribution in [0.1, 0.15) is 32.6 Å². The summed E-state index contributed by atoms with van der Waals surface area (Å²) in [5, 5.41) is 0. The van der Waals surface area contributed by atoms with Crippen LogP contribution in [-0.4, -0.2) is 6.54 Å². The maximum atomic E-state index is 5.42. The van der Waals surface area contributed by atoms with Crippen molar-refractivity contribution in [2.24, 2.45) is 11.8 Å². The topological polar surface area (TPSA) is 12.0 Å². The second-order valence-corrected chi connectivity index (χ2v) is 3.73. The number of rotatable bonds is 2. The maximum Gasteiger partial charge on any atom is 0.0136 e. The fourth-order valence-corrected chi connectivity index (χ4v) is 1.86. The number of hydrogen-bond acceptors (Lipinski definition) is 1. The van der Waals surface area contributed by atoms with Crippen LogP contribution in [0.4, 0.5) is 0 Å². The van der Waals surface area contributed by atoms with Gasteiger partial charge in [-0.2, -0.15) is 0 Å². The van der Waals surface area contributed by atoms with Crippen molar-refractivity contribution in [3.05, 3.63) is 0 Å². The van der Waals surface area contributed by atoms with Crippen LogP contribution in [0.25, 0.3) is 0 Å². The highest BCUT2D eigenvalue weighted by atomic mass is 35.5. The van der Waals surface area contributed by atoms with Crippen LogP contribution in [-0.2, 0) is 0 Å². The minimum Gasteiger partial charge on any atom is -0.233 e. The van der Waals surface area contributed by atoms with Gasteiger partial charge >= 0.3 is 0 Å². The van der Waals surface area contributed by atoms with E-state index in [0.29, 0.717) is 0 Å². The van der Waals surface area contributed by atoms with E-state index < -0.39 is 0 Å². The van der Waals surface area contributed by atoms with E-state index in [-0.39, 0.29) is 0 Å². The monoisotopic (exact) mass is 161 g/mol. The van der Waals surface area contributed by atoms with E-state index in [9.17, 15) is 0 Å². The van der Waals surface area contributed by atoms with Crippen molar-refractivity contribution < 1.29 is 0 Å². The van der Waals surface area contributed by atoms with Gasteiger partial charge in [-0.05, 0) is 36.5 Å². The van der Waals surface area contributed by atoms with Gasteiger partial charge in [0.15, 0.2) is 0 Å². The third-order valence-electron chi connectivity index (χ3n) is 2.50. The molecule has 1 N–H and O–H groups in total. The largest absolute Gasteiger partial charge is 0.233 e. The molecule has 1 fully saturated rings. The Morgan fingerprint density at radius 2 is 1.90 bits per heavy atom. The Bertz CT molecular complexity index is 87.3. The van der Waals surface area contributed by atoms with Crippen molar-refractivity contribution in [1.82, 2.24) is 4.84 Å². The molecule has 1 rings (SSSR count). The van der Waals surface area contributed by atoms with Gasteiger partial charge in [-0.25, -0.2) is 4.84 Å². The lowest BCUT2D eigenvalue weighted by atomic mass is 9.83. The first kappa shape index (κ1) is 8.35. The Hall–Kier alpha value is 0.250. The first-order valence-corrected chi connectivity index (χ1v) is 4.54. The van der Waals surface area contributed by atoms with E-state index in [4.69, 9.17) is 11.8 Å². The van der Waals surface area contributed by atoms with E-state index in [1.807, 2.05) is 0 Å². The van der Waals surface area contributed by atoms with Gasteiger partial charge in [-0.1, -0.05) is 19.8 Å². The molecule has 0 saturated heterocycles. The molecule has 1 aliphatic rings. The van der Waals surface area contributed by atoms with Gasteiger partial charge in [-0.3, -0.25) is 0 Å². The zero-order chi connectivity index (χ0) is 7.40. The Morgan fingerprint density at radius 3 is 2.40 bits per heavy atom. The first-order valence-electron chi connectivity index (χ1n) is 4.16. The maximum absolute atomic E-state index is 5.42. The fraction of sp³-hybridized carbons (Fsp3) is 1.00. The van der Waals surface area contributed by atoms with Crippen LogP contribution in [0.15, 0.2) is 0 Å². The molecule has 0 heterocycles. The molecule has 0 aliphatic heterocycles. The lowest BCUT2D eigenvalue weighted by molar-refractivity contribution is 0.291. The summed E-state index contributed by atoms with van der Waals surface area (Å²) in [6.07, 6.45) is 5.51. The molecule has 1 nitrogen and oxygen atoms in total. The van der Waals surface area contributed by atoms with Gasteiger partial charge in [-0.15, -0.1) is 0 Å². The van der Waals surface area contributed by atoms with E-state index in [0.717, 1.165) is 18.4 Å². The summed E-state index contributed by atoms with van der Waals surface area (Å²) in [6.45, 7) is 3.33. The molecule has 0 spiro atoms. The van der Waals surface area contributed by atoms with Gasteiger partial charge < -0.3 is 0 Å². The standard InChI is InChI=1S/C8H16ClN/c1-7-2-4-8(5-3-7)6-10-9/h7-8,10H,2-6H2,1H3. The van der Waals surface area contributed by atoms with Crippen molar-refractivity contribution in [3.8, 4) is 0 Å². The molecule has 0 aromatic heterocycles. The predicted octanol–water partition coefficient (Wildman–Crippen LogP) is 2.56. The highest BCUT2D eigenvalue weighted by Gasteiger charge is 2.16. The van der Waals surface area contributed by atoms with Crippen molar-refractivity contribution in [2.75, 3.05) is 6.54 Å². The lowest BCUT2D eigenvalue weighted by Gasteiger charge is -2.25. The average molecular weight is 162 g/mol. The van der Waals surface area contributed by atoms with Crippen molar-refractivity contribution in [1.29, 1.82) is 0 Å². The van der Waals surface area contributed by atoms with Gasteiger partial charge in [0, 0.05) is 6.54 Å². The van der Waals surface area contributed by atoms with Crippen molar-refractivity contribution in [3.63, 3.8) is 0 Å². The lowest BCUT2D eigenvalue weighted by Crippen LogP contribution is -2.20. The number of hydrogen-bond donors (Lipinski definition) is 1. The summed E-state index contributed by atoms with van der Waals surface area (Å²) in [6, 6.07) is 0. The van der Waals surface area contributed by atoms with E-state index in [2.05, 4.69) is 11.8 Å². The third kappa shape index (κ3) is 2.47. The smallest absolute Gasteiger partial charge is 0.0136 e. The first-order chi connectivity index (χ1) is 4.83. The predicted molar refractivity (Wildman–Crippen MR) is 45.0 cm³/mol. The normalized spacial score (nSPS) is 34.2. The minimum absolute atomic E-state index is 0.841. The molecular formula is C8H16ClN. The molecule has 0 amide bonds. The summed E-state index contributed by atoms with van der Waals surface area (Å²) in [5.74, 6) is 1.79. The Morgan fingerprint density at radius 1 is 1.30 bits per heavy atom. The second-order valence-electron chi connectivity index (χ2n) is 3.46. The molecule has 0 aromatic rings. The van der Waals surface area contributed by atoms with Gasteiger partial charge in [0.25, 0.3) is 0 Å². The molecule has 1 aliphatic carbocycles. The zero-order valence-corrected chi connectivity index (χ0v) is 7.32. The quantitative estimate of drug-likeness (QED) is 0.614. The van der Waals surface area contributed by atoms with Gasteiger partial charge in [0.2, 0.25) is 0 Å². The molecule has 2 heteroatoms. The number of halogens is 1. The van der Waals surface area contributed by atoms with Crippen LogP contribution in [0, 0.1) is 11.8 Å². The van der Waals surface area contributed by atoms with Crippen LogP contribution in [0.5, 0.6) is 0 Å². The van der Waals surface area contributed by atoms with Crippen LogP contribution < -0.4 is 4.84 Å². The van der Waals surface area contributed by atoms with E-state index in [1.54, 1.807) is 0 Å². The van der Waals surface area contributed by atoms with Gasteiger partial charge in [0.05, 0.1) is 0 Å². The molecule has 0 aromatic carbocycles. The Labute approximate surface area is 68.3 Å². The van der Waals surface area contributed by atoms with Crippen LogP contribution in [0.3, 0.4) is 0 Å². The summed E-state index contributed by atoms with van der Waals surface area (Å²) >= 11 is 5.42. The SMILES string of the molecule is CC1CCC(CNCl)CC1. The molecule has 0 unspecified atom stereocenters. The summed E-state index contributed by atoms with van der Waals surface area (Å²) < 4.78 is 0. The molecule has 0 atom stereocenters. The number of nitrogens with one attached hydrogen (secondary N) is 1. The fourth-order valence-electron chi connectivity index (χ4n) is 1.64. The Kier molecular flexibility index (Phi) is 3.50. The third-order valence-corrected chi connectivity index (χ3v) is 2.66. The summed E-state index contributed by atoms with van der Waals surface area (Å²) in [7, 11) is 0. The minimum atomic E-state index is 0.841. The van der Waals surface area contributed by atoms with Crippen molar-refractivity contribution in [2.45, 2.75) is 32.6 Å². The van der Waals surface area contributed by atoms with E-state index in [1.165, 1.54) is 25.7 Å². The molecule has 0 radical (unpaired) electrons. The zero-order valence-electron chi connectivity index (χ0n) is 6.57. The molecule has 60 valence electrons. The second kappa shape index (κ2) is 4.20. The summed E-state index contributed by atoms with van der Waals surface area (Å²) in [4.78, 5) is 2.72. The molecule has 10 heavy (non-hydrogen) atoms. The van der Waals surface area contributed by atoms with Crippen molar-refractivity contribution >= 4 is 11.8 Å². The molecule has 1 saturated carbocycles. The molecule has 0 bridgehead atoms. The average Bonchev–Trinajstić information content (AvgIpc) is 1.95.